The third-order valence-corrected chi connectivity index (χ3v) is 5.40. The summed E-state index contributed by atoms with van der Waals surface area (Å²) < 4.78 is 16.6. The summed E-state index contributed by atoms with van der Waals surface area (Å²) in [6, 6.07) is 0. The van der Waals surface area contributed by atoms with Gasteiger partial charge in [0.15, 0.2) is 0 Å². The van der Waals surface area contributed by atoms with Gasteiger partial charge in [0, 0.05) is 0 Å². The summed E-state index contributed by atoms with van der Waals surface area (Å²) in [5, 5.41) is 0. The van der Waals surface area contributed by atoms with E-state index in [1.807, 2.05) is 26.8 Å². The second-order valence-electron chi connectivity index (χ2n) is 8.66. The molecule has 2 fully saturated rings. The Morgan fingerprint density at radius 2 is 2.04 bits per heavy atom. The largest absolute Gasteiger partial charge is 0.460 e. The van der Waals surface area contributed by atoms with E-state index in [1.165, 1.54) is 0 Å². The molecule has 0 N–H and O–H groups in total. The van der Waals surface area contributed by atoms with E-state index in [4.69, 9.17) is 14.2 Å². The summed E-state index contributed by atoms with van der Waals surface area (Å²) in [6.45, 7) is 10.4. The molecule has 1 saturated heterocycles. The number of ether oxygens (including phenoxy) is 3. The predicted octanol–water partition coefficient (Wildman–Crippen LogP) is 2.88. The van der Waals surface area contributed by atoms with E-state index in [2.05, 4.69) is 13.8 Å². The van der Waals surface area contributed by atoms with Crippen LogP contribution in [0, 0.1) is 23.7 Å². The van der Waals surface area contributed by atoms with Crippen LogP contribution in [0.15, 0.2) is 11.6 Å². The zero-order valence-corrected chi connectivity index (χ0v) is 15.3. The first-order chi connectivity index (χ1) is 11.1. The Morgan fingerprint density at radius 3 is 2.58 bits per heavy atom. The van der Waals surface area contributed by atoms with Crippen molar-refractivity contribution in [3.63, 3.8) is 0 Å². The van der Waals surface area contributed by atoms with Crippen LogP contribution in [-0.4, -0.2) is 36.4 Å². The Hall–Kier alpha value is -1.36. The maximum absolute atomic E-state index is 12.6. The van der Waals surface area contributed by atoms with Crippen molar-refractivity contribution in [3.8, 4) is 0 Å². The molecule has 1 aliphatic carbocycles. The third-order valence-electron chi connectivity index (χ3n) is 5.40. The minimum absolute atomic E-state index is 0.0123. The fraction of sp³-hybridized carbons (Fsp3) is 0.789. The second kappa shape index (κ2) is 5.87. The molecule has 5 nitrogen and oxygen atoms in total. The number of allylic oxidation sites excluding steroid dienone is 1. The Kier molecular flexibility index (Phi) is 4.27. The number of hydrogen-bond donors (Lipinski definition) is 0. The summed E-state index contributed by atoms with van der Waals surface area (Å²) in [4.78, 5) is 25.1. The molecule has 0 radical (unpaired) electrons. The standard InChI is InChI=1S/C19H28O5/c1-11(2)13-6-7-19(10-23-19)15-14(13)8-12(9-22-17(15)21)16(20)24-18(3,4)5/h8,11,13-15H,6-7,9-10H2,1-5H3/t13-,14+,15-,19-/m1/s1. The highest BCUT2D eigenvalue weighted by Gasteiger charge is 2.62. The number of hydrogen-bond acceptors (Lipinski definition) is 5. The molecule has 0 amide bonds. The first-order valence-corrected chi connectivity index (χ1v) is 8.88. The van der Waals surface area contributed by atoms with Crippen molar-refractivity contribution in [2.75, 3.05) is 13.2 Å². The first kappa shape index (κ1) is 17.5. The minimum Gasteiger partial charge on any atom is -0.460 e. The average molecular weight is 336 g/mol. The summed E-state index contributed by atoms with van der Waals surface area (Å²) in [5.74, 6) is -0.201. The van der Waals surface area contributed by atoms with E-state index in [1.54, 1.807) is 0 Å². The minimum atomic E-state index is -0.571. The van der Waals surface area contributed by atoms with Crippen LogP contribution in [0.2, 0.25) is 0 Å². The van der Waals surface area contributed by atoms with Crippen LogP contribution in [0.25, 0.3) is 0 Å². The van der Waals surface area contributed by atoms with Gasteiger partial charge in [-0.1, -0.05) is 19.9 Å². The molecule has 4 atom stereocenters. The molecular formula is C19H28O5. The van der Waals surface area contributed by atoms with Gasteiger partial charge < -0.3 is 14.2 Å². The van der Waals surface area contributed by atoms with E-state index >= 15 is 0 Å². The monoisotopic (exact) mass is 336 g/mol. The van der Waals surface area contributed by atoms with Crippen molar-refractivity contribution in [3.05, 3.63) is 11.6 Å². The smallest absolute Gasteiger partial charge is 0.337 e. The lowest BCUT2D eigenvalue weighted by atomic mass is 9.63. The molecular weight excluding hydrogens is 308 g/mol. The average Bonchev–Trinajstić information content (AvgIpc) is 3.22. The zero-order valence-electron chi connectivity index (χ0n) is 15.3. The van der Waals surface area contributed by atoms with Crippen LogP contribution >= 0.6 is 0 Å². The van der Waals surface area contributed by atoms with E-state index in [0.717, 1.165) is 12.8 Å². The quantitative estimate of drug-likeness (QED) is 0.573. The van der Waals surface area contributed by atoms with Gasteiger partial charge in [-0.25, -0.2) is 4.79 Å². The van der Waals surface area contributed by atoms with Gasteiger partial charge in [0.25, 0.3) is 0 Å². The van der Waals surface area contributed by atoms with Gasteiger partial charge in [0.2, 0.25) is 0 Å². The lowest BCUT2D eigenvalue weighted by Gasteiger charge is -2.40. The topological polar surface area (TPSA) is 65.1 Å². The van der Waals surface area contributed by atoms with Crippen molar-refractivity contribution in [1.82, 2.24) is 0 Å². The molecule has 0 aromatic carbocycles. The van der Waals surface area contributed by atoms with Gasteiger partial charge in [0.05, 0.1) is 18.1 Å². The van der Waals surface area contributed by atoms with Crippen LogP contribution in [0.4, 0.5) is 0 Å². The van der Waals surface area contributed by atoms with Crippen molar-refractivity contribution in [2.24, 2.45) is 23.7 Å². The number of epoxide rings is 1. The Balaban J connectivity index is 1.93. The zero-order chi connectivity index (χ0) is 17.7. The molecule has 3 aliphatic rings. The summed E-state index contributed by atoms with van der Waals surface area (Å²) in [7, 11) is 0. The number of fused-ring (bicyclic) bond motifs is 2. The highest BCUT2D eigenvalue weighted by molar-refractivity contribution is 5.90. The van der Waals surface area contributed by atoms with Crippen LogP contribution in [0.5, 0.6) is 0 Å². The van der Waals surface area contributed by atoms with Crippen molar-refractivity contribution < 1.29 is 23.8 Å². The van der Waals surface area contributed by atoms with E-state index in [9.17, 15) is 9.59 Å². The third kappa shape index (κ3) is 3.23. The van der Waals surface area contributed by atoms with E-state index < -0.39 is 11.6 Å². The first-order valence-electron chi connectivity index (χ1n) is 8.88. The van der Waals surface area contributed by atoms with Crippen LogP contribution < -0.4 is 0 Å². The van der Waals surface area contributed by atoms with Gasteiger partial charge >= 0.3 is 11.9 Å². The lowest BCUT2D eigenvalue weighted by molar-refractivity contribution is -0.155. The number of rotatable bonds is 2. The van der Waals surface area contributed by atoms with Crippen LogP contribution in [0.3, 0.4) is 0 Å². The fourth-order valence-corrected chi connectivity index (χ4v) is 4.13. The molecule has 0 bridgehead atoms. The molecule has 1 spiro atoms. The SMILES string of the molecule is CC(C)[C@H]1CC[C@@]2(CO2)[C@H]2C(=O)OCC(C(=O)OC(C)(C)C)=C[C@@H]12. The Morgan fingerprint density at radius 1 is 1.38 bits per heavy atom. The molecule has 2 heterocycles. The number of cyclic esters (lactones) is 1. The molecule has 0 aromatic heterocycles. The van der Waals surface area contributed by atoms with Crippen molar-refractivity contribution in [1.29, 1.82) is 0 Å². The molecule has 3 rings (SSSR count). The molecule has 2 aliphatic heterocycles. The van der Waals surface area contributed by atoms with Crippen molar-refractivity contribution >= 4 is 11.9 Å². The molecule has 5 heteroatoms. The molecule has 1 saturated carbocycles. The predicted molar refractivity (Wildman–Crippen MR) is 88.1 cm³/mol. The molecule has 24 heavy (non-hydrogen) atoms. The molecule has 0 aromatic rings. The fourth-order valence-electron chi connectivity index (χ4n) is 4.13. The number of carbonyl (C=O) groups is 2. The maximum Gasteiger partial charge on any atom is 0.337 e. The Labute approximate surface area is 143 Å². The normalized spacial score (nSPS) is 35.8. The van der Waals surface area contributed by atoms with Gasteiger partial charge in [0.1, 0.15) is 17.8 Å². The summed E-state index contributed by atoms with van der Waals surface area (Å²) in [5.41, 5.74) is -0.486. The van der Waals surface area contributed by atoms with Crippen LogP contribution in [-0.2, 0) is 23.8 Å². The van der Waals surface area contributed by atoms with E-state index in [0.29, 0.717) is 24.0 Å². The highest BCUT2D eigenvalue weighted by Crippen LogP contribution is 2.54. The van der Waals surface area contributed by atoms with Gasteiger partial charge in [-0.15, -0.1) is 0 Å². The number of carbonyl (C=O) groups excluding carboxylic acids is 2. The second-order valence-corrected chi connectivity index (χ2v) is 8.66. The Bertz CT molecular complexity index is 565. The summed E-state index contributed by atoms with van der Waals surface area (Å²) in [6.07, 6.45) is 3.84. The van der Waals surface area contributed by atoms with Crippen molar-refractivity contribution in [2.45, 2.75) is 58.7 Å². The van der Waals surface area contributed by atoms with Gasteiger partial charge in [-0.2, -0.15) is 0 Å². The highest BCUT2D eigenvalue weighted by atomic mass is 16.6. The summed E-state index contributed by atoms with van der Waals surface area (Å²) >= 11 is 0. The van der Waals surface area contributed by atoms with E-state index in [-0.39, 0.29) is 30.0 Å². The van der Waals surface area contributed by atoms with Crippen LogP contribution in [0.1, 0.15) is 47.5 Å². The van der Waals surface area contributed by atoms with Gasteiger partial charge in [-0.05, 0) is 51.4 Å². The molecule has 0 unspecified atom stereocenters. The lowest BCUT2D eigenvalue weighted by Crippen LogP contribution is -2.45. The van der Waals surface area contributed by atoms with Gasteiger partial charge in [-0.3, -0.25) is 4.79 Å². The maximum atomic E-state index is 12.6. The molecule has 134 valence electrons. The number of esters is 2.